The highest BCUT2D eigenvalue weighted by Gasteiger charge is 2.52. The summed E-state index contributed by atoms with van der Waals surface area (Å²) in [7, 11) is 0. The molecule has 0 fully saturated rings. The highest BCUT2D eigenvalue weighted by Crippen LogP contribution is 2.42. The van der Waals surface area contributed by atoms with Gasteiger partial charge >= 0.3 is 0 Å². The molecule has 0 spiro atoms. The Morgan fingerprint density at radius 2 is 1.41 bits per heavy atom. The molecule has 3 rings (SSSR count). The Morgan fingerprint density at radius 1 is 0.864 bits per heavy atom. The minimum Gasteiger partial charge on any atom is -0.384 e. The van der Waals surface area contributed by atoms with Crippen LogP contribution in [0, 0.1) is 0 Å². The minimum atomic E-state index is -1.30. The zero-order chi connectivity index (χ0) is 15.6. The molecule has 2 atom stereocenters. The first-order chi connectivity index (χ1) is 10.6. The second kappa shape index (κ2) is 5.39. The van der Waals surface area contributed by atoms with Crippen molar-refractivity contribution in [3.05, 3.63) is 96.1 Å². The van der Waals surface area contributed by atoms with Crippen molar-refractivity contribution in [1.82, 2.24) is 0 Å². The van der Waals surface area contributed by atoms with Crippen LogP contribution in [0.15, 0.2) is 85.0 Å². The molecular formula is C20H18O2. The van der Waals surface area contributed by atoms with Crippen molar-refractivity contribution < 1.29 is 9.90 Å². The van der Waals surface area contributed by atoms with E-state index in [-0.39, 0.29) is 5.78 Å². The highest BCUT2D eigenvalue weighted by atomic mass is 16.3. The molecule has 0 radical (unpaired) electrons. The topological polar surface area (TPSA) is 37.3 Å². The smallest absolute Gasteiger partial charge is 0.180 e. The lowest BCUT2D eigenvalue weighted by atomic mass is 9.62. The molecule has 2 nitrogen and oxygen atoms in total. The Balaban J connectivity index is 2.23. The number of ketones is 1. The molecule has 0 heterocycles. The summed E-state index contributed by atoms with van der Waals surface area (Å²) in [5.74, 6) is -0.107. The van der Waals surface area contributed by atoms with E-state index in [2.05, 4.69) is 0 Å². The number of aliphatic hydroxyl groups is 1. The van der Waals surface area contributed by atoms with Crippen molar-refractivity contribution in [2.75, 3.05) is 0 Å². The van der Waals surface area contributed by atoms with Crippen molar-refractivity contribution >= 4 is 5.78 Å². The van der Waals surface area contributed by atoms with Crippen molar-refractivity contribution in [1.29, 1.82) is 0 Å². The molecule has 0 saturated heterocycles. The summed E-state index contributed by atoms with van der Waals surface area (Å²) < 4.78 is 0. The predicted molar refractivity (Wildman–Crippen MR) is 87.8 cm³/mol. The molecule has 2 unspecified atom stereocenters. The van der Waals surface area contributed by atoms with Gasteiger partial charge in [-0.25, -0.2) is 0 Å². The number of rotatable bonds is 3. The first-order valence-corrected chi connectivity index (χ1v) is 7.33. The molecule has 1 aliphatic carbocycles. The SMILES string of the molecule is CC1(O)C=CC=CC1(C(=O)c1ccccc1)c1ccccc1. The summed E-state index contributed by atoms with van der Waals surface area (Å²) in [5, 5.41) is 11.0. The number of carbonyl (C=O) groups is 1. The minimum absolute atomic E-state index is 0.107. The van der Waals surface area contributed by atoms with Crippen LogP contribution in [-0.2, 0) is 5.41 Å². The molecule has 0 amide bonds. The molecular weight excluding hydrogens is 272 g/mol. The van der Waals surface area contributed by atoms with Gasteiger partial charge in [0, 0.05) is 5.56 Å². The fraction of sp³-hybridized carbons (Fsp3) is 0.150. The molecule has 0 bridgehead atoms. The average Bonchev–Trinajstić information content (AvgIpc) is 2.56. The molecule has 2 heteroatoms. The number of benzene rings is 2. The molecule has 22 heavy (non-hydrogen) atoms. The third-order valence-corrected chi connectivity index (χ3v) is 4.30. The molecule has 2 aromatic carbocycles. The summed E-state index contributed by atoms with van der Waals surface area (Å²) in [4.78, 5) is 13.3. The molecule has 1 N–H and O–H groups in total. The molecule has 2 aromatic rings. The number of Topliss-reactive ketones (excluding diaryl/α,β-unsaturated/α-hetero) is 1. The summed E-state index contributed by atoms with van der Waals surface area (Å²) in [6, 6.07) is 18.6. The van der Waals surface area contributed by atoms with E-state index < -0.39 is 11.0 Å². The zero-order valence-electron chi connectivity index (χ0n) is 12.4. The summed E-state index contributed by atoms with van der Waals surface area (Å²) in [6.45, 7) is 1.68. The van der Waals surface area contributed by atoms with E-state index in [9.17, 15) is 9.90 Å². The van der Waals surface area contributed by atoms with Gasteiger partial charge in [0.1, 0.15) is 11.0 Å². The van der Waals surface area contributed by atoms with Gasteiger partial charge in [-0.1, -0.05) is 85.0 Å². The van der Waals surface area contributed by atoms with E-state index in [4.69, 9.17) is 0 Å². The Hall–Kier alpha value is -2.45. The van der Waals surface area contributed by atoms with Crippen LogP contribution in [-0.4, -0.2) is 16.5 Å². The van der Waals surface area contributed by atoms with E-state index >= 15 is 0 Å². The summed E-state index contributed by atoms with van der Waals surface area (Å²) in [6.07, 6.45) is 7.09. The maximum atomic E-state index is 13.3. The Morgan fingerprint density at radius 3 is 2.00 bits per heavy atom. The van der Waals surface area contributed by atoms with E-state index in [0.717, 1.165) is 5.56 Å². The Bertz CT molecular complexity index is 727. The van der Waals surface area contributed by atoms with Gasteiger partial charge in [0.25, 0.3) is 0 Å². The molecule has 1 aliphatic rings. The summed E-state index contributed by atoms with van der Waals surface area (Å²) >= 11 is 0. The summed E-state index contributed by atoms with van der Waals surface area (Å²) in [5.41, 5.74) is -1.04. The highest BCUT2D eigenvalue weighted by molar-refractivity contribution is 6.07. The lowest BCUT2D eigenvalue weighted by Crippen LogP contribution is -2.53. The fourth-order valence-corrected chi connectivity index (χ4v) is 3.09. The van der Waals surface area contributed by atoms with Crippen LogP contribution < -0.4 is 0 Å². The lowest BCUT2D eigenvalue weighted by molar-refractivity contribution is 0.0369. The van der Waals surface area contributed by atoms with Crippen LogP contribution in [0.25, 0.3) is 0 Å². The second-order valence-electron chi connectivity index (χ2n) is 5.73. The number of allylic oxidation sites excluding steroid dienone is 2. The Labute approximate surface area is 130 Å². The normalized spacial score (nSPS) is 26.8. The maximum absolute atomic E-state index is 13.3. The van der Waals surface area contributed by atoms with Gasteiger partial charge in [-0.3, -0.25) is 4.79 Å². The van der Waals surface area contributed by atoms with Gasteiger partial charge in [-0.05, 0) is 12.5 Å². The zero-order valence-corrected chi connectivity index (χ0v) is 12.4. The van der Waals surface area contributed by atoms with Crippen LogP contribution >= 0.6 is 0 Å². The van der Waals surface area contributed by atoms with E-state index in [1.54, 1.807) is 37.3 Å². The van der Waals surface area contributed by atoms with Gasteiger partial charge in [0.05, 0.1) is 0 Å². The van der Waals surface area contributed by atoms with E-state index in [1.807, 2.05) is 54.6 Å². The van der Waals surface area contributed by atoms with Crippen molar-refractivity contribution in [2.45, 2.75) is 17.9 Å². The average molecular weight is 290 g/mol. The van der Waals surface area contributed by atoms with Gasteiger partial charge in [-0.15, -0.1) is 0 Å². The third kappa shape index (κ3) is 2.13. The largest absolute Gasteiger partial charge is 0.384 e. The van der Waals surface area contributed by atoms with Crippen LogP contribution in [0.4, 0.5) is 0 Å². The second-order valence-corrected chi connectivity index (χ2v) is 5.73. The van der Waals surface area contributed by atoms with Gasteiger partial charge in [0.15, 0.2) is 5.78 Å². The first-order valence-electron chi connectivity index (χ1n) is 7.33. The number of hydrogen-bond acceptors (Lipinski definition) is 2. The van der Waals surface area contributed by atoms with Gasteiger partial charge in [-0.2, -0.15) is 0 Å². The quantitative estimate of drug-likeness (QED) is 0.875. The van der Waals surface area contributed by atoms with Crippen LogP contribution in [0.1, 0.15) is 22.8 Å². The van der Waals surface area contributed by atoms with Crippen molar-refractivity contribution in [2.24, 2.45) is 0 Å². The molecule has 0 aromatic heterocycles. The Kier molecular flexibility index (Phi) is 3.55. The lowest BCUT2D eigenvalue weighted by Gasteiger charge is -2.42. The molecule has 110 valence electrons. The molecule has 0 saturated carbocycles. The number of hydrogen-bond donors (Lipinski definition) is 1. The van der Waals surface area contributed by atoms with Crippen LogP contribution in [0.5, 0.6) is 0 Å². The van der Waals surface area contributed by atoms with Crippen LogP contribution in [0.2, 0.25) is 0 Å². The predicted octanol–water partition coefficient (Wildman–Crippen LogP) is 3.68. The maximum Gasteiger partial charge on any atom is 0.180 e. The van der Waals surface area contributed by atoms with E-state index in [1.165, 1.54) is 0 Å². The fourth-order valence-electron chi connectivity index (χ4n) is 3.09. The van der Waals surface area contributed by atoms with Crippen molar-refractivity contribution in [3.8, 4) is 0 Å². The van der Waals surface area contributed by atoms with Gasteiger partial charge < -0.3 is 5.11 Å². The first kappa shape index (κ1) is 14.5. The monoisotopic (exact) mass is 290 g/mol. The third-order valence-electron chi connectivity index (χ3n) is 4.30. The van der Waals surface area contributed by atoms with Crippen molar-refractivity contribution in [3.63, 3.8) is 0 Å². The van der Waals surface area contributed by atoms with Crippen LogP contribution in [0.3, 0.4) is 0 Å². The molecule has 0 aliphatic heterocycles. The number of carbonyl (C=O) groups excluding carboxylic acids is 1. The van der Waals surface area contributed by atoms with E-state index in [0.29, 0.717) is 5.56 Å². The standard InChI is InChI=1S/C20H18O2/c1-19(22)14-8-9-15-20(19,17-12-6-3-7-13-17)18(21)16-10-4-2-5-11-16/h2-15,22H,1H3. The van der Waals surface area contributed by atoms with Gasteiger partial charge in [0.2, 0.25) is 0 Å².